The molecular weight excluding hydrogens is 371 g/mol. The fourth-order valence-electron chi connectivity index (χ4n) is 2.55. The Morgan fingerprint density at radius 1 is 1.43 bits per heavy atom. The van der Waals surface area contributed by atoms with Crippen LogP contribution in [0.2, 0.25) is 0 Å². The summed E-state index contributed by atoms with van der Waals surface area (Å²) in [4.78, 5) is 39.1. The van der Waals surface area contributed by atoms with Crippen molar-refractivity contribution >= 4 is 29.4 Å². The number of rotatable bonds is 5. The molecule has 150 valence electrons. The van der Waals surface area contributed by atoms with Crippen LogP contribution in [0, 0.1) is 15.9 Å². The summed E-state index contributed by atoms with van der Waals surface area (Å²) in [5.41, 5.74) is 3.75. The predicted octanol–water partition coefficient (Wildman–Crippen LogP) is 2.29. The number of hydrogen-bond donors (Lipinski definition) is 1. The summed E-state index contributed by atoms with van der Waals surface area (Å²) < 4.78 is 19.7. The number of nitro groups is 1. The first-order chi connectivity index (χ1) is 13.1. The molecule has 9 nitrogen and oxygen atoms in total. The summed E-state index contributed by atoms with van der Waals surface area (Å²) in [7, 11) is 0. The van der Waals surface area contributed by atoms with Crippen LogP contribution in [-0.4, -0.2) is 52.6 Å². The van der Waals surface area contributed by atoms with Crippen LogP contribution in [0.25, 0.3) is 5.57 Å². The number of aliphatic imine (C=N–C) groups is 1. The average Bonchev–Trinajstić information content (AvgIpc) is 2.55. The van der Waals surface area contributed by atoms with Crippen LogP contribution in [0.4, 0.5) is 14.9 Å². The molecule has 0 aromatic heterocycles. The highest BCUT2D eigenvalue weighted by atomic mass is 19.1. The molecule has 0 aliphatic carbocycles. The van der Waals surface area contributed by atoms with Gasteiger partial charge in [-0.3, -0.25) is 19.9 Å². The van der Waals surface area contributed by atoms with Gasteiger partial charge in [-0.05, 0) is 20.8 Å². The molecule has 1 aromatic carbocycles. The number of hydrogen-bond acceptors (Lipinski definition) is 7. The van der Waals surface area contributed by atoms with Gasteiger partial charge in [0, 0.05) is 36.5 Å². The Labute approximate surface area is 160 Å². The Balaban J connectivity index is 2.19. The van der Waals surface area contributed by atoms with Gasteiger partial charge in [0.15, 0.2) is 6.29 Å². The van der Waals surface area contributed by atoms with E-state index in [0.29, 0.717) is 6.29 Å². The molecule has 1 fully saturated rings. The molecular formula is C18H21FN4O5. The molecule has 1 aromatic rings. The quantitative estimate of drug-likeness (QED) is 0.354. The van der Waals surface area contributed by atoms with Crippen LogP contribution in [0.1, 0.15) is 26.3 Å². The van der Waals surface area contributed by atoms with Gasteiger partial charge < -0.3 is 15.4 Å². The van der Waals surface area contributed by atoms with E-state index in [9.17, 15) is 24.1 Å². The van der Waals surface area contributed by atoms with Gasteiger partial charge in [-0.1, -0.05) is 12.1 Å². The van der Waals surface area contributed by atoms with Gasteiger partial charge in [0.05, 0.1) is 11.0 Å². The van der Waals surface area contributed by atoms with Crippen molar-refractivity contribution in [1.82, 2.24) is 4.90 Å². The van der Waals surface area contributed by atoms with Crippen LogP contribution in [0.15, 0.2) is 29.4 Å². The number of nitrogens with zero attached hydrogens (tertiary/aromatic N) is 3. The number of carbonyl (C=O) groups is 2. The topological polar surface area (TPSA) is 128 Å². The number of ether oxygens (including phenoxy) is 1. The van der Waals surface area contributed by atoms with Gasteiger partial charge in [0.25, 0.3) is 0 Å². The molecule has 1 amide bonds. The number of nitrogens with two attached hydrogens (primary N) is 1. The molecule has 0 unspecified atom stereocenters. The Morgan fingerprint density at radius 2 is 2.07 bits per heavy atom. The maximum atomic E-state index is 14.4. The molecule has 1 saturated heterocycles. The highest BCUT2D eigenvalue weighted by Crippen LogP contribution is 2.27. The molecule has 0 bridgehead atoms. The van der Waals surface area contributed by atoms with Crippen molar-refractivity contribution in [1.29, 1.82) is 0 Å². The van der Waals surface area contributed by atoms with E-state index in [1.54, 1.807) is 20.8 Å². The zero-order valence-corrected chi connectivity index (χ0v) is 15.7. The van der Waals surface area contributed by atoms with E-state index in [4.69, 9.17) is 10.5 Å². The van der Waals surface area contributed by atoms with Crippen LogP contribution < -0.4 is 5.73 Å². The lowest BCUT2D eigenvalue weighted by molar-refractivity contribution is -0.387. The molecule has 1 aliphatic heterocycles. The minimum absolute atomic E-state index is 0.0630. The Hall–Kier alpha value is -3.30. The minimum Gasteiger partial charge on any atom is -0.444 e. The lowest BCUT2D eigenvalue weighted by atomic mass is 10.0. The maximum absolute atomic E-state index is 14.4. The largest absolute Gasteiger partial charge is 0.444 e. The van der Waals surface area contributed by atoms with E-state index in [2.05, 4.69) is 4.99 Å². The standard InChI is InChI=1S/C18H21FN4O5/c1-18(2,3)28-17(25)22-8-11(9-22)21-14(10-24)13(7-20)12-5-4-6-15(16(12)19)23(26)27/h4-7,10-11H,8-9,20H2,1-3H3/b13-7-,21-14?. The number of nitro benzene ring substituents is 1. The van der Waals surface area contributed by atoms with Crippen molar-refractivity contribution in [3.05, 3.63) is 45.9 Å². The average molecular weight is 392 g/mol. The zero-order chi connectivity index (χ0) is 21.1. The second-order valence-electron chi connectivity index (χ2n) is 7.15. The smallest absolute Gasteiger partial charge is 0.410 e. The van der Waals surface area contributed by atoms with Crippen LogP contribution >= 0.6 is 0 Å². The second-order valence-corrected chi connectivity index (χ2v) is 7.15. The van der Waals surface area contributed by atoms with Gasteiger partial charge in [0.1, 0.15) is 11.3 Å². The summed E-state index contributed by atoms with van der Waals surface area (Å²) in [6, 6.07) is 3.17. The third kappa shape index (κ3) is 4.70. The molecule has 28 heavy (non-hydrogen) atoms. The van der Waals surface area contributed by atoms with Gasteiger partial charge in [-0.25, -0.2) is 4.79 Å². The normalized spacial score (nSPS) is 15.8. The second kappa shape index (κ2) is 8.15. The minimum atomic E-state index is -1.11. The molecule has 0 spiro atoms. The SMILES string of the molecule is CC(C)(C)OC(=O)N1CC(N=C(C=O)/C(=C\N)c2cccc([N+](=O)[O-])c2F)C1. The number of aldehydes is 1. The van der Waals surface area contributed by atoms with Crippen molar-refractivity contribution < 1.29 is 23.6 Å². The number of likely N-dealkylation sites (tertiary alicyclic amines) is 1. The summed E-state index contributed by atoms with van der Waals surface area (Å²) in [6.07, 6.45) is 0.873. The summed E-state index contributed by atoms with van der Waals surface area (Å²) in [5, 5.41) is 10.9. The first-order valence-corrected chi connectivity index (χ1v) is 8.43. The Morgan fingerprint density at radius 3 is 2.57 bits per heavy atom. The van der Waals surface area contributed by atoms with E-state index in [0.717, 1.165) is 12.3 Å². The fourth-order valence-corrected chi connectivity index (χ4v) is 2.55. The lowest BCUT2D eigenvalue weighted by Crippen LogP contribution is -2.54. The molecule has 0 saturated carbocycles. The van der Waals surface area contributed by atoms with E-state index >= 15 is 0 Å². The van der Waals surface area contributed by atoms with E-state index in [1.807, 2.05) is 0 Å². The van der Waals surface area contributed by atoms with Gasteiger partial charge in [0.2, 0.25) is 5.82 Å². The summed E-state index contributed by atoms with van der Waals surface area (Å²) >= 11 is 0. The van der Waals surface area contributed by atoms with E-state index in [-0.39, 0.29) is 29.9 Å². The molecule has 1 aliphatic rings. The number of benzene rings is 1. The van der Waals surface area contributed by atoms with Crippen LogP contribution in [0.5, 0.6) is 0 Å². The van der Waals surface area contributed by atoms with Gasteiger partial charge in [-0.15, -0.1) is 0 Å². The van der Waals surface area contributed by atoms with E-state index in [1.165, 1.54) is 17.0 Å². The summed E-state index contributed by atoms with van der Waals surface area (Å²) in [6.45, 7) is 5.69. The number of halogens is 1. The van der Waals surface area contributed by atoms with Gasteiger partial charge in [-0.2, -0.15) is 4.39 Å². The number of amides is 1. The maximum Gasteiger partial charge on any atom is 0.410 e. The van der Waals surface area contributed by atoms with Crippen molar-refractivity contribution in [2.75, 3.05) is 13.1 Å². The van der Waals surface area contributed by atoms with Crippen molar-refractivity contribution in [3.8, 4) is 0 Å². The highest BCUT2D eigenvalue weighted by molar-refractivity contribution is 6.49. The number of allylic oxidation sites excluding steroid dienone is 1. The molecule has 2 N–H and O–H groups in total. The lowest BCUT2D eigenvalue weighted by Gasteiger charge is -2.37. The Kier molecular flexibility index (Phi) is 6.12. The first kappa shape index (κ1) is 21.0. The van der Waals surface area contributed by atoms with E-state index < -0.39 is 34.2 Å². The molecule has 1 heterocycles. The zero-order valence-electron chi connectivity index (χ0n) is 15.7. The van der Waals surface area contributed by atoms with Crippen LogP contribution in [0.3, 0.4) is 0 Å². The van der Waals surface area contributed by atoms with Crippen LogP contribution in [-0.2, 0) is 9.53 Å². The molecule has 0 radical (unpaired) electrons. The number of carbonyl (C=O) groups excluding carboxylic acids is 2. The fraction of sp³-hybridized carbons (Fsp3) is 0.389. The first-order valence-electron chi connectivity index (χ1n) is 8.43. The van der Waals surface area contributed by atoms with Crippen molar-refractivity contribution in [2.45, 2.75) is 32.4 Å². The van der Waals surface area contributed by atoms with Crippen molar-refractivity contribution in [2.24, 2.45) is 10.7 Å². The third-order valence-electron chi connectivity index (χ3n) is 3.86. The van der Waals surface area contributed by atoms with Crippen molar-refractivity contribution in [3.63, 3.8) is 0 Å². The predicted molar refractivity (Wildman–Crippen MR) is 100 cm³/mol. The molecule has 2 rings (SSSR count). The third-order valence-corrected chi connectivity index (χ3v) is 3.86. The van der Waals surface area contributed by atoms with Gasteiger partial charge >= 0.3 is 11.8 Å². The summed E-state index contributed by atoms with van der Waals surface area (Å²) in [5.74, 6) is -1.11. The Bertz CT molecular complexity index is 854. The molecule has 0 atom stereocenters. The molecule has 10 heteroatoms. The highest BCUT2D eigenvalue weighted by Gasteiger charge is 2.34. The monoisotopic (exact) mass is 392 g/mol.